The van der Waals surface area contributed by atoms with Crippen LogP contribution in [0.3, 0.4) is 0 Å². The summed E-state index contributed by atoms with van der Waals surface area (Å²) < 4.78 is 6.18. The summed E-state index contributed by atoms with van der Waals surface area (Å²) in [6.07, 6.45) is 20.3. The molecule has 4 aliphatic carbocycles. The van der Waals surface area contributed by atoms with Crippen LogP contribution in [-0.4, -0.2) is 12.1 Å². The summed E-state index contributed by atoms with van der Waals surface area (Å²) in [5.74, 6) is 2.66. The molecule has 4 bridgehead atoms. The minimum atomic E-state index is -0.0824. The highest BCUT2D eigenvalue weighted by atomic mass is 16.5. The van der Waals surface area contributed by atoms with Gasteiger partial charge in [0, 0.05) is 0 Å². The molecule has 0 saturated heterocycles. The standard InChI is InChI=1S/C24H42O2/c1-3-5-6-7-8-9-10-12-22(11-4-2)26-23(25)24-16-19-13-20(17-24)15-21(14-19)18-24/h19-22H,3-18H2,1-2H3. The van der Waals surface area contributed by atoms with Crippen LogP contribution in [0.25, 0.3) is 0 Å². The molecule has 4 aliphatic rings. The Balaban J connectivity index is 1.43. The second kappa shape index (κ2) is 9.60. The highest BCUT2D eigenvalue weighted by Gasteiger charge is 2.55. The molecule has 0 aliphatic heterocycles. The average molecular weight is 363 g/mol. The summed E-state index contributed by atoms with van der Waals surface area (Å²) in [5.41, 5.74) is -0.0824. The number of unbranched alkanes of at least 4 members (excludes halogenated alkanes) is 6. The van der Waals surface area contributed by atoms with Crippen LogP contribution in [0, 0.1) is 23.2 Å². The molecule has 4 rings (SSSR count). The summed E-state index contributed by atoms with van der Waals surface area (Å²) in [4.78, 5) is 13.2. The smallest absolute Gasteiger partial charge is 0.312 e. The van der Waals surface area contributed by atoms with Crippen molar-refractivity contribution in [1.29, 1.82) is 0 Å². The Labute approximate surface area is 161 Å². The van der Waals surface area contributed by atoms with Gasteiger partial charge in [-0.05, 0) is 75.5 Å². The predicted molar refractivity (Wildman–Crippen MR) is 108 cm³/mol. The predicted octanol–water partition coefficient (Wildman–Crippen LogP) is 7.06. The quantitative estimate of drug-likeness (QED) is 0.274. The lowest BCUT2D eigenvalue weighted by atomic mass is 9.49. The Morgan fingerprint density at radius 3 is 1.88 bits per heavy atom. The molecule has 0 radical (unpaired) electrons. The number of hydrogen-bond acceptors (Lipinski definition) is 2. The van der Waals surface area contributed by atoms with Gasteiger partial charge in [-0.3, -0.25) is 4.79 Å². The van der Waals surface area contributed by atoms with Gasteiger partial charge in [0.05, 0.1) is 5.41 Å². The molecule has 4 fully saturated rings. The third-order valence-electron chi connectivity index (χ3n) is 7.49. The summed E-state index contributed by atoms with van der Waals surface area (Å²) >= 11 is 0. The van der Waals surface area contributed by atoms with E-state index in [1.807, 2.05) is 0 Å². The second-order valence-electron chi connectivity index (χ2n) is 9.92. The van der Waals surface area contributed by atoms with Crippen LogP contribution >= 0.6 is 0 Å². The van der Waals surface area contributed by atoms with Gasteiger partial charge in [-0.25, -0.2) is 0 Å². The van der Waals surface area contributed by atoms with Gasteiger partial charge in [-0.1, -0.05) is 58.8 Å². The Kier molecular flexibility index (Phi) is 7.46. The normalized spacial score (nSPS) is 33.4. The van der Waals surface area contributed by atoms with E-state index in [4.69, 9.17) is 4.74 Å². The van der Waals surface area contributed by atoms with Gasteiger partial charge in [-0.2, -0.15) is 0 Å². The Morgan fingerprint density at radius 2 is 1.35 bits per heavy atom. The Hall–Kier alpha value is -0.530. The molecule has 0 aromatic heterocycles. The van der Waals surface area contributed by atoms with E-state index in [9.17, 15) is 4.79 Å². The van der Waals surface area contributed by atoms with E-state index >= 15 is 0 Å². The summed E-state index contributed by atoms with van der Waals surface area (Å²) in [7, 11) is 0. The van der Waals surface area contributed by atoms with Gasteiger partial charge in [0.25, 0.3) is 0 Å². The number of hydrogen-bond donors (Lipinski definition) is 0. The van der Waals surface area contributed by atoms with Crippen LogP contribution < -0.4 is 0 Å². The maximum Gasteiger partial charge on any atom is 0.312 e. The molecular weight excluding hydrogens is 320 g/mol. The SMILES string of the molecule is CCCCCCCCCC(CCC)OC(=O)C12CC3CC(CC(C3)C1)C2. The first kappa shape index (κ1) is 20.2. The Morgan fingerprint density at radius 1 is 0.808 bits per heavy atom. The summed E-state index contributed by atoms with van der Waals surface area (Å²) in [6, 6.07) is 0. The van der Waals surface area contributed by atoms with E-state index in [2.05, 4.69) is 13.8 Å². The van der Waals surface area contributed by atoms with Crippen molar-refractivity contribution in [2.45, 2.75) is 123 Å². The van der Waals surface area contributed by atoms with Crippen LogP contribution in [0.5, 0.6) is 0 Å². The average Bonchev–Trinajstić information content (AvgIpc) is 2.60. The monoisotopic (exact) mass is 362 g/mol. The number of carbonyl (C=O) groups excluding carboxylic acids is 1. The van der Waals surface area contributed by atoms with Gasteiger partial charge in [0.1, 0.15) is 6.10 Å². The van der Waals surface area contributed by atoms with Gasteiger partial charge in [-0.15, -0.1) is 0 Å². The van der Waals surface area contributed by atoms with E-state index in [-0.39, 0.29) is 17.5 Å². The number of esters is 1. The summed E-state index contributed by atoms with van der Waals surface area (Å²) in [5, 5.41) is 0. The first-order valence-corrected chi connectivity index (χ1v) is 11.9. The molecule has 0 aromatic carbocycles. The lowest BCUT2D eigenvalue weighted by Crippen LogP contribution is -2.51. The highest BCUT2D eigenvalue weighted by molar-refractivity contribution is 5.77. The lowest BCUT2D eigenvalue weighted by Gasteiger charge is -2.55. The van der Waals surface area contributed by atoms with E-state index in [0.29, 0.717) is 0 Å². The zero-order valence-electron chi connectivity index (χ0n) is 17.4. The lowest BCUT2D eigenvalue weighted by molar-refractivity contribution is -0.177. The molecular formula is C24H42O2. The van der Waals surface area contributed by atoms with Gasteiger partial charge in [0.15, 0.2) is 0 Å². The van der Waals surface area contributed by atoms with Crippen molar-refractivity contribution in [3.63, 3.8) is 0 Å². The molecule has 26 heavy (non-hydrogen) atoms. The molecule has 0 amide bonds. The topological polar surface area (TPSA) is 26.3 Å². The van der Waals surface area contributed by atoms with Crippen LogP contribution in [-0.2, 0) is 9.53 Å². The van der Waals surface area contributed by atoms with Gasteiger partial charge in [0.2, 0.25) is 0 Å². The maximum atomic E-state index is 13.2. The minimum absolute atomic E-state index is 0.0824. The fourth-order valence-electron chi connectivity index (χ4n) is 6.55. The zero-order valence-corrected chi connectivity index (χ0v) is 17.4. The second-order valence-corrected chi connectivity index (χ2v) is 9.92. The third-order valence-corrected chi connectivity index (χ3v) is 7.49. The van der Waals surface area contributed by atoms with Crippen molar-refractivity contribution in [3.8, 4) is 0 Å². The molecule has 2 heteroatoms. The molecule has 150 valence electrons. The van der Waals surface area contributed by atoms with Crippen LogP contribution in [0.1, 0.15) is 117 Å². The van der Waals surface area contributed by atoms with Crippen molar-refractivity contribution in [2.24, 2.45) is 23.2 Å². The molecule has 0 spiro atoms. The van der Waals surface area contributed by atoms with Crippen LogP contribution in [0.2, 0.25) is 0 Å². The van der Waals surface area contributed by atoms with Gasteiger partial charge >= 0.3 is 5.97 Å². The maximum absolute atomic E-state index is 13.2. The number of rotatable bonds is 12. The van der Waals surface area contributed by atoms with Gasteiger partial charge < -0.3 is 4.74 Å². The minimum Gasteiger partial charge on any atom is -0.462 e. The number of ether oxygens (including phenoxy) is 1. The molecule has 4 saturated carbocycles. The molecule has 1 unspecified atom stereocenters. The van der Waals surface area contributed by atoms with Crippen molar-refractivity contribution < 1.29 is 9.53 Å². The zero-order chi connectivity index (χ0) is 18.4. The van der Waals surface area contributed by atoms with Crippen LogP contribution in [0.15, 0.2) is 0 Å². The molecule has 1 atom stereocenters. The number of carbonyl (C=O) groups is 1. The molecule has 0 heterocycles. The largest absolute Gasteiger partial charge is 0.462 e. The van der Waals surface area contributed by atoms with Crippen molar-refractivity contribution in [2.75, 3.05) is 0 Å². The van der Waals surface area contributed by atoms with Crippen molar-refractivity contribution in [1.82, 2.24) is 0 Å². The fraction of sp³-hybridized carbons (Fsp3) is 0.958. The molecule has 0 N–H and O–H groups in total. The first-order chi connectivity index (χ1) is 12.6. The van der Waals surface area contributed by atoms with E-state index in [0.717, 1.165) is 56.3 Å². The summed E-state index contributed by atoms with van der Waals surface area (Å²) in [6.45, 7) is 4.49. The fourth-order valence-corrected chi connectivity index (χ4v) is 6.55. The van der Waals surface area contributed by atoms with E-state index in [1.54, 1.807) is 0 Å². The molecule has 2 nitrogen and oxygen atoms in total. The van der Waals surface area contributed by atoms with Crippen molar-refractivity contribution in [3.05, 3.63) is 0 Å². The van der Waals surface area contributed by atoms with E-state index in [1.165, 1.54) is 64.2 Å². The molecule has 0 aromatic rings. The first-order valence-electron chi connectivity index (χ1n) is 11.9. The van der Waals surface area contributed by atoms with Crippen molar-refractivity contribution >= 4 is 5.97 Å². The van der Waals surface area contributed by atoms with Crippen LogP contribution in [0.4, 0.5) is 0 Å². The highest BCUT2D eigenvalue weighted by Crippen LogP contribution is 2.60. The van der Waals surface area contributed by atoms with E-state index < -0.39 is 0 Å². The Bertz CT molecular complexity index is 406. The third kappa shape index (κ3) is 5.04.